The molecule has 0 N–H and O–H groups in total. The Kier molecular flexibility index (Phi) is 4.81. The van der Waals surface area contributed by atoms with E-state index < -0.39 is 29.3 Å². The number of aldehydes is 1. The van der Waals surface area contributed by atoms with Crippen molar-refractivity contribution in [2.45, 2.75) is 65.2 Å². The first-order valence-electron chi connectivity index (χ1n) is 6.83. The topological polar surface area (TPSA) is 72.9 Å². The van der Waals surface area contributed by atoms with Crippen LogP contribution in [0.3, 0.4) is 0 Å². The van der Waals surface area contributed by atoms with Crippen LogP contribution in [0.5, 0.6) is 0 Å². The number of carbonyl (C=O) groups is 3. The third-order valence-corrected chi connectivity index (χ3v) is 2.50. The minimum Gasteiger partial charge on any atom is -0.458 e. The molecule has 6 heteroatoms. The van der Waals surface area contributed by atoms with Gasteiger partial charge >= 0.3 is 12.1 Å². The van der Waals surface area contributed by atoms with E-state index in [4.69, 9.17) is 9.47 Å². The first kappa shape index (κ1) is 17.2. The van der Waals surface area contributed by atoms with Crippen molar-refractivity contribution in [3.8, 4) is 0 Å². The third-order valence-electron chi connectivity index (χ3n) is 2.50. The fraction of sp³-hybridized carbons (Fsp3) is 0.667. The average Bonchev–Trinajstić information content (AvgIpc) is 2.68. The molecule has 0 bridgehead atoms. The summed E-state index contributed by atoms with van der Waals surface area (Å²) in [5.41, 5.74) is -0.995. The molecule has 1 heterocycles. The van der Waals surface area contributed by atoms with Gasteiger partial charge in [0.2, 0.25) is 0 Å². The van der Waals surface area contributed by atoms with Crippen molar-refractivity contribution >= 4 is 18.3 Å². The zero-order chi connectivity index (χ0) is 16.4. The lowest BCUT2D eigenvalue weighted by Gasteiger charge is -2.29. The molecule has 0 spiro atoms. The summed E-state index contributed by atoms with van der Waals surface area (Å²) in [5, 5.41) is 0. The van der Waals surface area contributed by atoms with E-state index in [0.29, 0.717) is 11.9 Å². The molecule has 21 heavy (non-hydrogen) atoms. The number of hydrogen-bond acceptors (Lipinski definition) is 5. The summed E-state index contributed by atoms with van der Waals surface area (Å²) >= 11 is 0. The second kappa shape index (κ2) is 5.87. The van der Waals surface area contributed by atoms with Crippen molar-refractivity contribution in [3.63, 3.8) is 0 Å². The molecule has 1 amide bonds. The molecule has 0 saturated carbocycles. The molecule has 0 fully saturated rings. The van der Waals surface area contributed by atoms with Gasteiger partial charge in [0.15, 0.2) is 0 Å². The smallest absolute Gasteiger partial charge is 0.415 e. The number of hydrogen-bond donors (Lipinski definition) is 0. The maximum atomic E-state index is 12.2. The lowest BCUT2D eigenvalue weighted by Crippen LogP contribution is -2.44. The molecule has 6 nitrogen and oxygen atoms in total. The summed E-state index contributed by atoms with van der Waals surface area (Å²) in [7, 11) is 0. The Bertz CT molecular complexity index is 467. The fourth-order valence-electron chi connectivity index (χ4n) is 1.78. The number of rotatable bonds is 2. The van der Waals surface area contributed by atoms with Gasteiger partial charge in [-0.1, -0.05) is 0 Å². The molecule has 0 aliphatic carbocycles. The molecule has 0 aromatic rings. The Morgan fingerprint density at radius 1 is 1.14 bits per heavy atom. The van der Waals surface area contributed by atoms with E-state index in [2.05, 4.69) is 0 Å². The van der Waals surface area contributed by atoms with Gasteiger partial charge in [-0.05, 0) is 41.5 Å². The van der Waals surface area contributed by atoms with Gasteiger partial charge < -0.3 is 9.47 Å². The highest BCUT2D eigenvalue weighted by Gasteiger charge is 2.39. The summed E-state index contributed by atoms with van der Waals surface area (Å²) in [6.07, 6.45) is 1.44. The molecule has 0 radical (unpaired) electrons. The van der Waals surface area contributed by atoms with Crippen molar-refractivity contribution in [1.29, 1.82) is 0 Å². The molecular weight excluding hydrogens is 274 g/mol. The van der Waals surface area contributed by atoms with Gasteiger partial charge in [0.1, 0.15) is 23.5 Å². The molecule has 0 aromatic heterocycles. The molecular formula is C15H23NO5. The quantitative estimate of drug-likeness (QED) is 0.578. The van der Waals surface area contributed by atoms with Gasteiger partial charge in [0.05, 0.1) is 0 Å². The minimum absolute atomic E-state index is 0.137. The summed E-state index contributed by atoms with van der Waals surface area (Å²) in [4.78, 5) is 36.4. The molecule has 1 rings (SSSR count). The molecule has 118 valence electrons. The molecule has 0 saturated heterocycles. The van der Waals surface area contributed by atoms with Crippen LogP contribution in [0.1, 0.15) is 48.0 Å². The van der Waals surface area contributed by atoms with E-state index in [1.54, 1.807) is 41.5 Å². The van der Waals surface area contributed by atoms with Crippen LogP contribution in [0.25, 0.3) is 0 Å². The maximum absolute atomic E-state index is 12.2. The zero-order valence-electron chi connectivity index (χ0n) is 13.4. The van der Waals surface area contributed by atoms with E-state index in [9.17, 15) is 14.4 Å². The lowest BCUT2D eigenvalue weighted by atomic mass is 10.1. The number of nitrogens with zero attached hydrogens (tertiary/aromatic N) is 1. The van der Waals surface area contributed by atoms with E-state index in [-0.39, 0.29) is 6.42 Å². The number of ether oxygens (including phenoxy) is 2. The Morgan fingerprint density at radius 3 is 2.10 bits per heavy atom. The van der Waals surface area contributed by atoms with E-state index >= 15 is 0 Å². The average molecular weight is 297 g/mol. The number of carbonyl (C=O) groups excluding carboxylic acids is 3. The van der Waals surface area contributed by atoms with E-state index in [0.717, 1.165) is 4.90 Å². The Morgan fingerprint density at radius 2 is 1.67 bits per heavy atom. The predicted molar refractivity (Wildman–Crippen MR) is 76.5 cm³/mol. The monoisotopic (exact) mass is 297 g/mol. The second-order valence-electron chi connectivity index (χ2n) is 6.96. The SMILES string of the molecule is CC(C)(C)OC(=O)C1CC(C=O)=CN1C(=O)OC(C)(C)C. The second-order valence-corrected chi connectivity index (χ2v) is 6.96. The minimum atomic E-state index is -0.862. The van der Waals surface area contributed by atoms with Gasteiger partial charge in [-0.25, -0.2) is 9.59 Å². The van der Waals surface area contributed by atoms with Crippen LogP contribution in [-0.4, -0.2) is 40.5 Å². The van der Waals surface area contributed by atoms with Gasteiger partial charge in [-0.2, -0.15) is 0 Å². The van der Waals surface area contributed by atoms with Crippen molar-refractivity contribution in [2.75, 3.05) is 0 Å². The van der Waals surface area contributed by atoms with E-state index in [1.807, 2.05) is 0 Å². The van der Waals surface area contributed by atoms with Crippen molar-refractivity contribution in [1.82, 2.24) is 4.90 Å². The predicted octanol–water partition coefficient (Wildman–Crippen LogP) is 2.42. The highest BCUT2D eigenvalue weighted by atomic mass is 16.6. The molecule has 1 unspecified atom stereocenters. The van der Waals surface area contributed by atoms with Gasteiger partial charge in [-0.3, -0.25) is 9.69 Å². The first-order chi connectivity index (χ1) is 9.43. The molecule has 1 aliphatic heterocycles. The zero-order valence-corrected chi connectivity index (χ0v) is 13.4. The largest absolute Gasteiger partial charge is 0.458 e. The maximum Gasteiger partial charge on any atom is 0.415 e. The normalized spacial score (nSPS) is 19.0. The fourth-order valence-corrected chi connectivity index (χ4v) is 1.78. The Balaban J connectivity index is 2.91. The van der Waals surface area contributed by atoms with Crippen LogP contribution >= 0.6 is 0 Å². The van der Waals surface area contributed by atoms with Crippen LogP contribution < -0.4 is 0 Å². The van der Waals surface area contributed by atoms with Crippen molar-refractivity contribution < 1.29 is 23.9 Å². The number of esters is 1. The Hall–Kier alpha value is -1.85. The van der Waals surface area contributed by atoms with Crippen LogP contribution in [0.2, 0.25) is 0 Å². The molecule has 1 atom stereocenters. The van der Waals surface area contributed by atoms with Crippen LogP contribution in [0.4, 0.5) is 4.79 Å². The summed E-state index contributed by atoms with van der Waals surface area (Å²) in [5.74, 6) is -0.554. The van der Waals surface area contributed by atoms with Crippen LogP contribution in [0, 0.1) is 0 Å². The number of amides is 1. The summed E-state index contributed by atoms with van der Waals surface area (Å²) in [6, 6.07) is -0.862. The van der Waals surface area contributed by atoms with Crippen LogP contribution in [0.15, 0.2) is 11.8 Å². The van der Waals surface area contributed by atoms with Crippen molar-refractivity contribution in [2.24, 2.45) is 0 Å². The van der Waals surface area contributed by atoms with Gasteiger partial charge in [0, 0.05) is 18.2 Å². The standard InChI is InChI=1S/C15H23NO5/c1-14(2,3)20-12(18)11-7-10(9-17)8-16(11)13(19)21-15(4,5)6/h8-9,11H,7H2,1-6H3. The van der Waals surface area contributed by atoms with Gasteiger partial charge in [-0.15, -0.1) is 0 Å². The molecule has 0 aromatic carbocycles. The molecule has 1 aliphatic rings. The first-order valence-corrected chi connectivity index (χ1v) is 6.83. The van der Waals surface area contributed by atoms with E-state index in [1.165, 1.54) is 6.20 Å². The van der Waals surface area contributed by atoms with Crippen LogP contribution in [-0.2, 0) is 19.1 Å². The highest BCUT2D eigenvalue weighted by molar-refractivity contribution is 5.88. The summed E-state index contributed by atoms with van der Waals surface area (Å²) in [6.45, 7) is 10.4. The lowest BCUT2D eigenvalue weighted by molar-refractivity contribution is -0.159. The Labute approximate surface area is 125 Å². The summed E-state index contributed by atoms with van der Waals surface area (Å²) < 4.78 is 10.5. The van der Waals surface area contributed by atoms with Gasteiger partial charge in [0.25, 0.3) is 0 Å². The van der Waals surface area contributed by atoms with Crippen molar-refractivity contribution in [3.05, 3.63) is 11.8 Å². The highest BCUT2D eigenvalue weighted by Crippen LogP contribution is 2.25. The third kappa shape index (κ3) is 5.21.